The van der Waals surface area contributed by atoms with Crippen LogP contribution in [0.3, 0.4) is 0 Å². The van der Waals surface area contributed by atoms with Crippen molar-refractivity contribution in [3.8, 4) is 5.75 Å². The SMILES string of the molecule is COc1ccc(S(=O)(=O)N[C@H](C(=O)NC2CCS(=O)(=O)c3ccccc32)C(C)C)cc1. The van der Waals surface area contributed by atoms with Gasteiger partial charge >= 0.3 is 0 Å². The normalized spacial score (nSPS) is 18.8. The number of hydrogen-bond donors (Lipinski definition) is 2. The molecule has 31 heavy (non-hydrogen) atoms. The number of rotatable bonds is 7. The molecule has 1 heterocycles. The third-order valence-corrected chi connectivity index (χ3v) is 8.49. The predicted molar refractivity (Wildman–Crippen MR) is 116 cm³/mol. The molecule has 0 spiro atoms. The lowest BCUT2D eigenvalue weighted by atomic mass is 10.0. The van der Waals surface area contributed by atoms with E-state index in [1.54, 1.807) is 32.0 Å². The Morgan fingerprint density at radius 3 is 2.35 bits per heavy atom. The molecule has 1 amide bonds. The summed E-state index contributed by atoms with van der Waals surface area (Å²) in [4.78, 5) is 13.2. The van der Waals surface area contributed by atoms with E-state index in [-0.39, 0.29) is 27.9 Å². The molecule has 0 saturated heterocycles. The average Bonchev–Trinajstić information content (AvgIpc) is 2.74. The van der Waals surface area contributed by atoms with Gasteiger partial charge in [0.05, 0.1) is 28.7 Å². The van der Waals surface area contributed by atoms with Gasteiger partial charge in [-0.15, -0.1) is 0 Å². The number of carbonyl (C=O) groups excluding carboxylic acids is 1. The average molecular weight is 467 g/mol. The summed E-state index contributed by atoms with van der Waals surface area (Å²) in [5.41, 5.74) is 0.516. The number of nitrogens with one attached hydrogen (secondary N) is 2. The minimum atomic E-state index is -3.96. The van der Waals surface area contributed by atoms with Crippen molar-refractivity contribution in [1.29, 1.82) is 0 Å². The molecule has 1 aliphatic heterocycles. The fourth-order valence-corrected chi connectivity index (χ4v) is 6.45. The Kier molecular flexibility index (Phi) is 6.73. The highest BCUT2D eigenvalue weighted by Gasteiger charge is 2.34. The first-order chi connectivity index (χ1) is 14.5. The highest BCUT2D eigenvalue weighted by atomic mass is 32.2. The molecular formula is C21H26N2O6S2. The zero-order valence-electron chi connectivity index (χ0n) is 17.5. The van der Waals surface area contributed by atoms with Gasteiger partial charge in [0.1, 0.15) is 11.8 Å². The summed E-state index contributed by atoms with van der Waals surface area (Å²) in [6.07, 6.45) is 0.223. The largest absolute Gasteiger partial charge is 0.497 e. The molecule has 10 heteroatoms. The third-order valence-electron chi connectivity index (χ3n) is 5.22. The van der Waals surface area contributed by atoms with E-state index < -0.39 is 37.9 Å². The Labute approximate surface area is 183 Å². The molecule has 2 aromatic rings. The highest BCUT2D eigenvalue weighted by molar-refractivity contribution is 7.91. The van der Waals surface area contributed by atoms with Crippen molar-refractivity contribution in [2.45, 2.75) is 42.1 Å². The molecule has 1 aliphatic rings. The van der Waals surface area contributed by atoms with E-state index in [2.05, 4.69) is 10.0 Å². The molecule has 2 atom stereocenters. The van der Waals surface area contributed by atoms with Gasteiger partial charge in [-0.2, -0.15) is 4.72 Å². The number of methoxy groups -OCH3 is 1. The van der Waals surface area contributed by atoms with E-state index in [1.165, 1.54) is 37.4 Å². The molecule has 2 N–H and O–H groups in total. The van der Waals surface area contributed by atoms with Crippen LogP contribution in [0, 0.1) is 5.92 Å². The van der Waals surface area contributed by atoms with E-state index in [0.29, 0.717) is 11.3 Å². The molecule has 0 radical (unpaired) electrons. The predicted octanol–water partition coefficient (Wildman–Crippen LogP) is 2.03. The number of amides is 1. The van der Waals surface area contributed by atoms with Crippen LogP contribution in [-0.2, 0) is 24.7 Å². The summed E-state index contributed by atoms with van der Waals surface area (Å²) in [6, 6.07) is 10.9. The second-order valence-corrected chi connectivity index (χ2v) is 11.5. The van der Waals surface area contributed by atoms with E-state index in [0.717, 1.165) is 0 Å². The first kappa shape index (κ1) is 23.2. The number of fused-ring (bicyclic) bond motifs is 1. The Bertz CT molecular complexity index is 1160. The molecular weight excluding hydrogens is 440 g/mol. The Balaban J connectivity index is 1.81. The zero-order chi connectivity index (χ0) is 22.8. The van der Waals surface area contributed by atoms with Gasteiger partial charge in [0, 0.05) is 0 Å². The summed E-state index contributed by atoms with van der Waals surface area (Å²) in [5.74, 6) is -0.413. The van der Waals surface area contributed by atoms with Gasteiger partial charge in [-0.3, -0.25) is 4.79 Å². The molecule has 0 bridgehead atoms. The van der Waals surface area contributed by atoms with Crippen LogP contribution in [0.15, 0.2) is 58.3 Å². The number of carbonyl (C=O) groups is 1. The van der Waals surface area contributed by atoms with Gasteiger partial charge in [-0.05, 0) is 48.2 Å². The third kappa shape index (κ3) is 5.08. The molecule has 2 aromatic carbocycles. The Morgan fingerprint density at radius 2 is 1.74 bits per heavy atom. The summed E-state index contributed by atoms with van der Waals surface area (Å²) in [6.45, 7) is 3.47. The fourth-order valence-electron chi connectivity index (χ4n) is 3.48. The lowest BCUT2D eigenvalue weighted by molar-refractivity contribution is -0.124. The number of sulfone groups is 1. The van der Waals surface area contributed by atoms with Crippen molar-refractivity contribution in [1.82, 2.24) is 10.0 Å². The maximum atomic E-state index is 13.0. The van der Waals surface area contributed by atoms with Crippen LogP contribution in [0.1, 0.15) is 31.9 Å². The van der Waals surface area contributed by atoms with E-state index in [1.807, 2.05) is 0 Å². The smallest absolute Gasteiger partial charge is 0.241 e. The molecule has 168 valence electrons. The van der Waals surface area contributed by atoms with E-state index in [4.69, 9.17) is 4.74 Å². The van der Waals surface area contributed by atoms with Crippen LogP contribution >= 0.6 is 0 Å². The van der Waals surface area contributed by atoms with Crippen molar-refractivity contribution in [3.63, 3.8) is 0 Å². The van der Waals surface area contributed by atoms with Gasteiger partial charge < -0.3 is 10.1 Å². The molecule has 3 rings (SSSR count). The van der Waals surface area contributed by atoms with E-state index >= 15 is 0 Å². The molecule has 8 nitrogen and oxygen atoms in total. The van der Waals surface area contributed by atoms with Gasteiger partial charge in [-0.1, -0.05) is 32.0 Å². The molecule has 0 fully saturated rings. The fraction of sp³-hybridized carbons (Fsp3) is 0.381. The molecule has 0 saturated carbocycles. The topological polar surface area (TPSA) is 119 Å². The van der Waals surface area contributed by atoms with Crippen molar-refractivity contribution < 1.29 is 26.4 Å². The number of benzene rings is 2. The minimum Gasteiger partial charge on any atom is -0.497 e. The van der Waals surface area contributed by atoms with Crippen molar-refractivity contribution >= 4 is 25.8 Å². The van der Waals surface area contributed by atoms with Crippen LogP contribution in [0.25, 0.3) is 0 Å². The first-order valence-electron chi connectivity index (χ1n) is 9.83. The van der Waals surface area contributed by atoms with Crippen LogP contribution in [-0.4, -0.2) is 41.6 Å². The van der Waals surface area contributed by atoms with Gasteiger partial charge in [0.15, 0.2) is 9.84 Å². The first-order valence-corrected chi connectivity index (χ1v) is 13.0. The quantitative estimate of drug-likeness (QED) is 0.645. The van der Waals surface area contributed by atoms with Crippen LogP contribution in [0.5, 0.6) is 5.75 Å². The van der Waals surface area contributed by atoms with Crippen molar-refractivity contribution in [2.75, 3.05) is 12.9 Å². The maximum Gasteiger partial charge on any atom is 0.241 e. The van der Waals surface area contributed by atoms with Crippen molar-refractivity contribution in [2.24, 2.45) is 5.92 Å². The second kappa shape index (κ2) is 8.97. The Morgan fingerprint density at radius 1 is 1.10 bits per heavy atom. The van der Waals surface area contributed by atoms with Gasteiger partial charge in [0.2, 0.25) is 15.9 Å². The lowest BCUT2D eigenvalue weighted by Gasteiger charge is -2.29. The molecule has 0 aromatic heterocycles. The summed E-state index contributed by atoms with van der Waals surface area (Å²) < 4.78 is 57.8. The minimum absolute atomic E-state index is 0.0147. The van der Waals surface area contributed by atoms with Gasteiger partial charge in [-0.25, -0.2) is 16.8 Å². The summed E-state index contributed by atoms with van der Waals surface area (Å²) >= 11 is 0. The molecule has 1 unspecified atom stereocenters. The Hall–Kier alpha value is -2.43. The standard InChI is InChI=1S/C21H26N2O6S2/c1-14(2)20(23-31(27,28)16-10-8-15(29-3)9-11-16)21(24)22-18-12-13-30(25,26)19-7-5-4-6-17(18)19/h4-11,14,18,20,23H,12-13H2,1-3H3,(H,22,24)/t18?,20-/m0/s1. The summed E-state index contributed by atoms with van der Waals surface area (Å²) in [5, 5.41) is 2.84. The monoisotopic (exact) mass is 466 g/mol. The number of hydrogen-bond acceptors (Lipinski definition) is 6. The van der Waals surface area contributed by atoms with Gasteiger partial charge in [0.25, 0.3) is 0 Å². The van der Waals surface area contributed by atoms with Crippen molar-refractivity contribution in [3.05, 3.63) is 54.1 Å². The highest BCUT2D eigenvalue weighted by Crippen LogP contribution is 2.32. The summed E-state index contributed by atoms with van der Waals surface area (Å²) in [7, 11) is -5.87. The molecule has 0 aliphatic carbocycles. The van der Waals surface area contributed by atoms with E-state index in [9.17, 15) is 21.6 Å². The maximum absolute atomic E-state index is 13.0. The number of sulfonamides is 1. The number of ether oxygens (including phenoxy) is 1. The zero-order valence-corrected chi connectivity index (χ0v) is 19.2. The lowest BCUT2D eigenvalue weighted by Crippen LogP contribution is -2.50. The second-order valence-electron chi connectivity index (χ2n) is 7.73. The van der Waals surface area contributed by atoms with Crippen LogP contribution in [0.4, 0.5) is 0 Å². The van der Waals surface area contributed by atoms with Crippen LogP contribution < -0.4 is 14.8 Å². The van der Waals surface area contributed by atoms with Crippen LogP contribution in [0.2, 0.25) is 0 Å².